The van der Waals surface area contributed by atoms with Crippen molar-refractivity contribution in [2.45, 2.75) is 16.8 Å². The highest BCUT2D eigenvalue weighted by Crippen LogP contribution is 2.34. The molecule has 0 saturated carbocycles. The number of aromatic hydroxyl groups is 1. The maximum absolute atomic E-state index is 9.83. The van der Waals surface area contributed by atoms with Crippen LogP contribution in [0.15, 0.2) is 64.6 Å². The number of rotatable bonds is 2. The highest BCUT2D eigenvalue weighted by molar-refractivity contribution is 7.99. The Bertz CT molecular complexity index is 722. The quantitative estimate of drug-likeness (QED) is 0.747. The van der Waals surface area contributed by atoms with Gasteiger partial charge >= 0.3 is 0 Å². The Kier molecular flexibility index (Phi) is 3.13. The molecule has 0 fully saturated rings. The molecule has 19 heavy (non-hydrogen) atoms. The molecule has 0 aliphatic rings. The number of aromatic nitrogens is 1. The van der Waals surface area contributed by atoms with Gasteiger partial charge < -0.3 is 5.11 Å². The number of hydrogen-bond acceptors (Lipinski definition) is 3. The summed E-state index contributed by atoms with van der Waals surface area (Å²) in [6.45, 7) is 2.07. The predicted octanol–water partition coefficient (Wildman–Crippen LogP) is 4.40. The van der Waals surface area contributed by atoms with Gasteiger partial charge in [0.1, 0.15) is 10.8 Å². The van der Waals surface area contributed by atoms with Crippen LogP contribution in [-0.2, 0) is 0 Å². The minimum Gasteiger partial charge on any atom is -0.506 e. The minimum atomic E-state index is 0.226. The molecule has 94 valence electrons. The summed E-state index contributed by atoms with van der Waals surface area (Å²) >= 11 is 1.61. The van der Waals surface area contributed by atoms with Crippen molar-refractivity contribution in [3.63, 3.8) is 0 Å². The second kappa shape index (κ2) is 4.94. The van der Waals surface area contributed by atoms with E-state index in [4.69, 9.17) is 0 Å². The van der Waals surface area contributed by atoms with Gasteiger partial charge in [-0.25, -0.2) is 4.98 Å². The largest absolute Gasteiger partial charge is 0.506 e. The Labute approximate surface area is 116 Å². The van der Waals surface area contributed by atoms with Gasteiger partial charge in [0.2, 0.25) is 0 Å². The van der Waals surface area contributed by atoms with Crippen molar-refractivity contribution in [3.8, 4) is 5.75 Å². The van der Waals surface area contributed by atoms with Gasteiger partial charge in [-0.1, -0.05) is 53.7 Å². The molecule has 0 amide bonds. The second-order valence-corrected chi connectivity index (χ2v) is 5.47. The lowest BCUT2D eigenvalue weighted by atomic mass is 10.2. The van der Waals surface area contributed by atoms with Crippen molar-refractivity contribution in [2.24, 2.45) is 0 Å². The summed E-state index contributed by atoms with van der Waals surface area (Å²) in [5, 5.41) is 12.6. The molecule has 0 spiro atoms. The van der Waals surface area contributed by atoms with Gasteiger partial charge in [-0.2, -0.15) is 0 Å². The van der Waals surface area contributed by atoms with E-state index in [9.17, 15) is 5.11 Å². The fourth-order valence-corrected chi connectivity index (χ4v) is 2.84. The lowest BCUT2D eigenvalue weighted by molar-refractivity contribution is 0.478. The molecule has 3 aromatic rings. The zero-order chi connectivity index (χ0) is 13.2. The van der Waals surface area contributed by atoms with Gasteiger partial charge in [-0.05, 0) is 19.1 Å². The summed E-state index contributed by atoms with van der Waals surface area (Å²) in [6.07, 6.45) is 1.51. The normalized spacial score (nSPS) is 10.8. The van der Waals surface area contributed by atoms with Crippen LogP contribution < -0.4 is 0 Å². The molecule has 0 aliphatic heterocycles. The Morgan fingerprint density at radius 2 is 1.63 bits per heavy atom. The topological polar surface area (TPSA) is 33.1 Å². The molecule has 1 heterocycles. The first kappa shape index (κ1) is 12.1. The molecule has 1 aromatic heterocycles. The zero-order valence-corrected chi connectivity index (χ0v) is 11.3. The Morgan fingerprint density at radius 1 is 0.947 bits per heavy atom. The second-order valence-electron chi connectivity index (χ2n) is 4.41. The van der Waals surface area contributed by atoms with Crippen LogP contribution >= 0.6 is 11.8 Å². The highest BCUT2D eigenvalue weighted by atomic mass is 32.2. The lowest BCUT2D eigenvalue weighted by Gasteiger charge is -2.07. The lowest BCUT2D eigenvalue weighted by Crippen LogP contribution is -1.84. The van der Waals surface area contributed by atoms with Gasteiger partial charge in [0, 0.05) is 15.7 Å². The van der Waals surface area contributed by atoms with E-state index in [2.05, 4.69) is 36.2 Å². The van der Waals surface area contributed by atoms with Crippen LogP contribution in [0.25, 0.3) is 10.8 Å². The molecule has 0 atom stereocenters. The zero-order valence-electron chi connectivity index (χ0n) is 10.5. The van der Waals surface area contributed by atoms with Crippen LogP contribution in [0, 0.1) is 6.92 Å². The molecule has 0 saturated heterocycles. The first-order valence-corrected chi connectivity index (χ1v) is 6.87. The van der Waals surface area contributed by atoms with E-state index in [0.717, 1.165) is 20.7 Å². The first-order chi connectivity index (χ1) is 9.24. The maximum Gasteiger partial charge on any atom is 0.141 e. The first-order valence-electron chi connectivity index (χ1n) is 6.05. The molecule has 0 radical (unpaired) electrons. The van der Waals surface area contributed by atoms with Crippen molar-refractivity contribution >= 4 is 22.5 Å². The van der Waals surface area contributed by atoms with E-state index >= 15 is 0 Å². The van der Waals surface area contributed by atoms with E-state index < -0.39 is 0 Å². The molecule has 0 unspecified atom stereocenters. The third-order valence-electron chi connectivity index (χ3n) is 2.97. The average Bonchev–Trinajstić information content (AvgIpc) is 2.45. The van der Waals surface area contributed by atoms with Crippen LogP contribution in [0.2, 0.25) is 0 Å². The van der Waals surface area contributed by atoms with E-state index in [1.165, 1.54) is 11.8 Å². The van der Waals surface area contributed by atoms with E-state index in [-0.39, 0.29) is 5.75 Å². The molecule has 3 heteroatoms. The number of hydrogen-bond donors (Lipinski definition) is 1. The average molecular weight is 267 g/mol. The smallest absolute Gasteiger partial charge is 0.141 e. The van der Waals surface area contributed by atoms with Crippen molar-refractivity contribution in [2.75, 3.05) is 0 Å². The van der Waals surface area contributed by atoms with Gasteiger partial charge in [-0.3, -0.25) is 0 Å². The van der Waals surface area contributed by atoms with Crippen molar-refractivity contribution in [3.05, 3.63) is 60.3 Å². The van der Waals surface area contributed by atoms with Crippen LogP contribution in [0.3, 0.4) is 0 Å². The monoisotopic (exact) mass is 267 g/mol. The third kappa shape index (κ3) is 2.42. The van der Waals surface area contributed by atoms with Crippen molar-refractivity contribution in [1.29, 1.82) is 0 Å². The predicted molar refractivity (Wildman–Crippen MR) is 78.7 cm³/mol. The SMILES string of the molecule is Cc1ccc(Sc2ncc(O)c3ccccc23)cc1. The van der Waals surface area contributed by atoms with Crippen LogP contribution in [-0.4, -0.2) is 10.1 Å². The van der Waals surface area contributed by atoms with Crippen molar-refractivity contribution in [1.82, 2.24) is 4.98 Å². The van der Waals surface area contributed by atoms with Crippen molar-refractivity contribution < 1.29 is 5.11 Å². The number of pyridine rings is 1. The Morgan fingerprint density at radius 3 is 2.37 bits per heavy atom. The van der Waals surface area contributed by atoms with E-state index in [1.54, 1.807) is 11.8 Å². The molecule has 2 nitrogen and oxygen atoms in total. The standard InChI is InChI=1S/C16H13NOS/c1-11-6-8-12(9-7-11)19-16-14-5-3-2-4-13(14)15(18)10-17-16/h2-10,18H,1H3. The Hall–Kier alpha value is -2.00. The van der Waals surface area contributed by atoms with Gasteiger partial charge in [0.25, 0.3) is 0 Å². The molecule has 0 bridgehead atoms. The van der Waals surface area contributed by atoms with Gasteiger partial charge in [0.05, 0.1) is 6.20 Å². The van der Waals surface area contributed by atoms with Crippen LogP contribution in [0.5, 0.6) is 5.75 Å². The van der Waals surface area contributed by atoms with Gasteiger partial charge in [-0.15, -0.1) is 0 Å². The molecule has 1 N–H and O–H groups in total. The molecular formula is C16H13NOS. The molecular weight excluding hydrogens is 254 g/mol. The molecule has 0 aliphatic carbocycles. The Balaban J connectivity index is 2.06. The number of aryl methyl sites for hydroxylation is 1. The van der Waals surface area contributed by atoms with E-state index in [0.29, 0.717) is 0 Å². The van der Waals surface area contributed by atoms with Gasteiger partial charge in [0.15, 0.2) is 0 Å². The maximum atomic E-state index is 9.83. The summed E-state index contributed by atoms with van der Waals surface area (Å²) in [6, 6.07) is 16.1. The summed E-state index contributed by atoms with van der Waals surface area (Å²) in [7, 11) is 0. The third-order valence-corrected chi connectivity index (χ3v) is 4.00. The molecule has 3 rings (SSSR count). The van der Waals surface area contributed by atoms with Crippen LogP contribution in [0.4, 0.5) is 0 Å². The highest BCUT2D eigenvalue weighted by Gasteiger charge is 2.07. The number of nitrogens with zero attached hydrogens (tertiary/aromatic N) is 1. The summed E-state index contributed by atoms with van der Waals surface area (Å²) in [5.41, 5.74) is 1.24. The van der Waals surface area contributed by atoms with Crippen LogP contribution in [0.1, 0.15) is 5.56 Å². The summed E-state index contributed by atoms with van der Waals surface area (Å²) in [5.74, 6) is 0.226. The summed E-state index contributed by atoms with van der Waals surface area (Å²) in [4.78, 5) is 5.48. The summed E-state index contributed by atoms with van der Waals surface area (Å²) < 4.78 is 0. The number of fused-ring (bicyclic) bond motifs is 1. The number of benzene rings is 2. The minimum absolute atomic E-state index is 0.226. The van der Waals surface area contributed by atoms with E-state index in [1.807, 2.05) is 24.3 Å². The fourth-order valence-electron chi connectivity index (χ4n) is 1.95. The fraction of sp³-hybridized carbons (Fsp3) is 0.0625. The molecule has 2 aromatic carbocycles.